The van der Waals surface area contributed by atoms with Crippen LogP contribution in [0.2, 0.25) is 0 Å². The van der Waals surface area contributed by atoms with Gasteiger partial charge in [0, 0.05) is 5.56 Å². The first-order valence-electron chi connectivity index (χ1n) is 7.86. The summed E-state index contributed by atoms with van der Waals surface area (Å²) in [6.45, 7) is 3.96. The number of hydrogen-bond donors (Lipinski definition) is 1. The lowest BCUT2D eigenvalue weighted by Crippen LogP contribution is -2.28. The summed E-state index contributed by atoms with van der Waals surface area (Å²) in [6.07, 6.45) is 3.15. The van der Waals surface area contributed by atoms with Gasteiger partial charge in [-0.2, -0.15) is 0 Å². The van der Waals surface area contributed by atoms with Crippen molar-refractivity contribution in [2.75, 3.05) is 14.2 Å². The van der Waals surface area contributed by atoms with Gasteiger partial charge in [0.05, 0.1) is 19.8 Å². The molecule has 1 atom stereocenters. The predicted molar refractivity (Wildman–Crippen MR) is 93.8 cm³/mol. The maximum Gasteiger partial charge on any atom is 0.137 e. The minimum absolute atomic E-state index is 0.442. The first-order valence-corrected chi connectivity index (χ1v) is 7.86. The average Bonchev–Trinajstić information content (AvgIpc) is 2.59. The van der Waals surface area contributed by atoms with Crippen LogP contribution in [0.15, 0.2) is 42.5 Å². The zero-order valence-corrected chi connectivity index (χ0v) is 14.4. The van der Waals surface area contributed by atoms with Crippen LogP contribution in [0.5, 0.6) is 17.2 Å². The van der Waals surface area contributed by atoms with Gasteiger partial charge in [-0.05, 0) is 55.8 Å². The van der Waals surface area contributed by atoms with E-state index in [4.69, 9.17) is 14.2 Å². The smallest absolute Gasteiger partial charge is 0.137 e. The van der Waals surface area contributed by atoms with Gasteiger partial charge in [-0.1, -0.05) is 12.1 Å². The zero-order chi connectivity index (χ0) is 17.3. The van der Waals surface area contributed by atoms with Crippen molar-refractivity contribution >= 4 is 6.08 Å². The van der Waals surface area contributed by atoms with Crippen LogP contribution in [0, 0.1) is 0 Å². The fourth-order valence-corrected chi connectivity index (χ4v) is 2.84. The van der Waals surface area contributed by atoms with Gasteiger partial charge in [-0.15, -0.1) is 0 Å². The Labute approximate surface area is 142 Å². The van der Waals surface area contributed by atoms with E-state index >= 15 is 0 Å². The van der Waals surface area contributed by atoms with Crippen LogP contribution < -0.4 is 14.2 Å². The second-order valence-corrected chi connectivity index (χ2v) is 6.32. The van der Waals surface area contributed by atoms with E-state index in [0.717, 1.165) is 16.9 Å². The summed E-state index contributed by atoms with van der Waals surface area (Å²) in [7, 11) is 3.23. The third-order valence-electron chi connectivity index (χ3n) is 4.13. The third kappa shape index (κ3) is 2.97. The molecule has 0 fully saturated rings. The van der Waals surface area contributed by atoms with Crippen molar-refractivity contribution in [1.82, 2.24) is 0 Å². The third-order valence-corrected chi connectivity index (χ3v) is 4.13. The molecule has 0 saturated heterocycles. The number of fused-ring (bicyclic) bond motifs is 1. The molecule has 1 heterocycles. The largest absolute Gasteiger partial charge is 0.497 e. The van der Waals surface area contributed by atoms with Crippen LogP contribution in [0.4, 0.5) is 0 Å². The van der Waals surface area contributed by atoms with E-state index in [1.54, 1.807) is 14.2 Å². The Morgan fingerprint density at radius 1 is 1.08 bits per heavy atom. The molecular formula is C20H22O4. The van der Waals surface area contributed by atoms with Gasteiger partial charge in [0.2, 0.25) is 0 Å². The standard InChI is InChI=1S/C20H22O4/c1-20(2)11-10-15-17(23-4)9-8-16(19(15)24-20)18(21)13-6-5-7-14(12-13)22-3/h5-12,18,21H,1-4H3. The van der Waals surface area contributed by atoms with E-state index in [-0.39, 0.29) is 0 Å². The molecule has 0 spiro atoms. The number of rotatable bonds is 4. The molecular weight excluding hydrogens is 304 g/mol. The molecule has 0 saturated carbocycles. The average molecular weight is 326 g/mol. The second-order valence-electron chi connectivity index (χ2n) is 6.32. The highest BCUT2D eigenvalue weighted by Crippen LogP contribution is 2.43. The topological polar surface area (TPSA) is 47.9 Å². The van der Waals surface area contributed by atoms with Crippen molar-refractivity contribution in [3.8, 4) is 17.2 Å². The zero-order valence-electron chi connectivity index (χ0n) is 14.4. The van der Waals surface area contributed by atoms with Crippen LogP contribution >= 0.6 is 0 Å². The van der Waals surface area contributed by atoms with Gasteiger partial charge >= 0.3 is 0 Å². The Morgan fingerprint density at radius 3 is 2.58 bits per heavy atom. The molecule has 0 radical (unpaired) electrons. The lowest BCUT2D eigenvalue weighted by molar-refractivity contribution is 0.146. The van der Waals surface area contributed by atoms with Crippen LogP contribution in [0.3, 0.4) is 0 Å². The van der Waals surface area contributed by atoms with Crippen LogP contribution in [0.25, 0.3) is 6.08 Å². The molecule has 1 unspecified atom stereocenters. The summed E-state index contributed by atoms with van der Waals surface area (Å²) >= 11 is 0. The molecule has 126 valence electrons. The molecule has 3 rings (SSSR count). The van der Waals surface area contributed by atoms with Crippen molar-refractivity contribution in [3.63, 3.8) is 0 Å². The molecule has 24 heavy (non-hydrogen) atoms. The number of benzene rings is 2. The molecule has 4 heteroatoms. The number of aliphatic hydroxyl groups is 1. The number of aliphatic hydroxyl groups excluding tert-OH is 1. The van der Waals surface area contributed by atoms with E-state index in [2.05, 4.69) is 0 Å². The Kier molecular flexibility index (Phi) is 4.24. The maximum atomic E-state index is 10.9. The van der Waals surface area contributed by atoms with Gasteiger partial charge < -0.3 is 19.3 Å². The van der Waals surface area contributed by atoms with Gasteiger partial charge in [0.15, 0.2) is 0 Å². The number of methoxy groups -OCH3 is 2. The molecule has 1 aliphatic heterocycles. The molecule has 0 amide bonds. The monoisotopic (exact) mass is 326 g/mol. The molecule has 2 aromatic carbocycles. The predicted octanol–water partition coefficient (Wildman–Crippen LogP) is 3.97. The molecule has 0 aromatic heterocycles. The molecule has 1 aliphatic rings. The number of hydrogen-bond acceptors (Lipinski definition) is 4. The number of ether oxygens (including phenoxy) is 3. The van der Waals surface area contributed by atoms with E-state index in [9.17, 15) is 5.11 Å². The first kappa shape index (κ1) is 16.4. The minimum atomic E-state index is -0.818. The molecule has 4 nitrogen and oxygen atoms in total. The SMILES string of the molecule is COc1cccc(C(O)c2ccc(OC)c3c2OC(C)(C)C=C3)c1. The van der Waals surface area contributed by atoms with E-state index in [0.29, 0.717) is 17.1 Å². The fraction of sp³-hybridized carbons (Fsp3) is 0.300. The van der Waals surface area contributed by atoms with E-state index in [1.165, 1.54) is 0 Å². The van der Waals surface area contributed by atoms with Gasteiger partial charge in [0.1, 0.15) is 29.0 Å². The van der Waals surface area contributed by atoms with Gasteiger partial charge in [0.25, 0.3) is 0 Å². The lowest BCUT2D eigenvalue weighted by atomic mass is 9.94. The summed E-state index contributed by atoms with van der Waals surface area (Å²) in [5.41, 5.74) is 1.85. The van der Waals surface area contributed by atoms with Crippen molar-refractivity contribution in [2.45, 2.75) is 25.6 Å². The van der Waals surface area contributed by atoms with Crippen LogP contribution in [-0.2, 0) is 0 Å². The summed E-state index contributed by atoms with van der Waals surface area (Å²) in [6, 6.07) is 11.1. The maximum absolute atomic E-state index is 10.9. The minimum Gasteiger partial charge on any atom is -0.497 e. The Morgan fingerprint density at radius 2 is 1.88 bits per heavy atom. The summed E-state index contributed by atoms with van der Waals surface area (Å²) < 4.78 is 16.8. The molecule has 0 aliphatic carbocycles. The highest BCUT2D eigenvalue weighted by Gasteiger charge is 2.28. The molecule has 2 aromatic rings. The Hall–Kier alpha value is -2.46. The van der Waals surface area contributed by atoms with E-state index < -0.39 is 11.7 Å². The molecule has 0 bridgehead atoms. The van der Waals surface area contributed by atoms with Crippen molar-refractivity contribution < 1.29 is 19.3 Å². The van der Waals surface area contributed by atoms with Crippen molar-refractivity contribution in [3.05, 3.63) is 59.2 Å². The van der Waals surface area contributed by atoms with Crippen LogP contribution in [0.1, 0.15) is 36.6 Å². The normalized spacial score (nSPS) is 16.0. The van der Waals surface area contributed by atoms with E-state index in [1.807, 2.05) is 62.4 Å². The Bertz CT molecular complexity index is 777. The highest BCUT2D eigenvalue weighted by molar-refractivity contribution is 5.70. The fourth-order valence-electron chi connectivity index (χ4n) is 2.84. The van der Waals surface area contributed by atoms with Gasteiger partial charge in [-0.25, -0.2) is 0 Å². The van der Waals surface area contributed by atoms with Crippen molar-refractivity contribution in [1.29, 1.82) is 0 Å². The summed E-state index contributed by atoms with van der Waals surface area (Å²) in [5.74, 6) is 2.07. The Balaban J connectivity index is 2.10. The molecule has 1 N–H and O–H groups in total. The van der Waals surface area contributed by atoms with Crippen LogP contribution in [-0.4, -0.2) is 24.9 Å². The highest BCUT2D eigenvalue weighted by atomic mass is 16.5. The second kappa shape index (κ2) is 6.21. The first-order chi connectivity index (χ1) is 11.4. The quantitative estimate of drug-likeness (QED) is 0.923. The summed E-state index contributed by atoms with van der Waals surface area (Å²) in [4.78, 5) is 0. The summed E-state index contributed by atoms with van der Waals surface area (Å²) in [5, 5.41) is 10.9. The van der Waals surface area contributed by atoms with Crippen molar-refractivity contribution in [2.24, 2.45) is 0 Å². The lowest BCUT2D eigenvalue weighted by Gasteiger charge is -2.31. The van der Waals surface area contributed by atoms with Gasteiger partial charge in [-0.3, -0.25) is 0 Å².